The predicted octanol–water partition coefficient (Wildman–Crippen LogP) is 4.00. The van der Waals surface area contributed by atoms with Crippen LogP contribution in [0.25, 0.3) is 0 Å². The Balaban J connectivity index is 2.70. The summed E-state index contributed by atoms with van der Waals surface area (Å²) in [6, 6.07) is -0.967. The fourth-order valence-corrected chi connectivity index (χ4v) is 4.16. The second-order valence-electron chi connectivity index (χ2n) is 9.47. The molecule has 7 atom stereocenters. The van der Waals surface area contributed by atoms with Crippen LogP contribution in [-0.2, 0) is 14.3 Å². The predicted molar refractivity (Wildman–Crippen MR) is 197 cm³/mol. The maximum atomic E-state index is 14.8. The standard InChI is InChI=1S/C45H32FNO3/c1-7-13-14-15-16-17-18-19-20-21-22-23-24-25-26-27-28-29-30-31-32-33-34-36-44(48)47-42(41(46)12-6)37-49-45-40(11-5)38(9-3)39(10-4)43(50-45)35-8-2/h8-11,38-43,45H,2-5,12,35,37H2,1,6H3,(H,47,48)/t38?,39-,40-,41-,42+,43?,45-/m1/s1. The topological polar surface area (TPSA) is 47.6 Å². The molecule has 0 aromatic carbocycles. The molecule has 0 aliphatic carbocycles. The van der Waals surface area contributed by atoms with Gasteiger partial charge in [0.25, 0.3) is 5.91 Å². The van der Waals surface area contributed by atoms with Crippen molar-refractivity contribution in [1.82, 2.24) is 5.32 Å². The minimum atomic E-state index is -1.38. The molecule has 5 heteroatoms. The van der Waals surface area contributed by atoms with Crippen molar-refractivity contribution >= 4 is 5.91 Å². The highest BCUT2D eigenvalue weighted by molar-refractivity contribution is 5.94. The molecule has 50 heavy (non-hydrogen) atoms. The van der Waals surface area contributed by atoms with Gasteiger partial charge in [0.05, 0.1) is 18.8 Å². The summed E-state index contributed by atoms with van der Waals surface area (Å²) < 4.78 is 27.0. The van der Waals surface area contributed by atoms with E-state index in [1.165, 1.54) is 0 Å². The monoisotopic (exact) mass is 653 g/mol. The third-order valence-corrected chi connectivity index (χ3v) is 6.35. The van der Waals surface area contributed by atoms with Gasteiger partial charge in [0, 0.05) is 53.3 Å². The number of amides is 1. The second-order valence-corrected chi connectivity index (χ2v) is 9.47. The molecule has 242 valence electrons. The molecule has 0 aromatic rings. The molecule has 1 amide bonds. The number of allylic oxidation sites excluding steroid dienone is 1. The SMILES string of the molecule is C=CCC1O[C@@H](OC[C@H](NC(=O)C#CC#CC#CC#CC#CC#CC#CC#CC#CC#CC#CC#CC)[C@H](F)CC)[C@H](C=C)C(C=C)[C@H]1C=C. The van der Waals surface area contributed by atoms with E-state index in [0.29, 0.717) is 6.42 Å². The summed E-state index contributed by atoms with van der Waals surface area (Å²) in [6.45, 7) is 18.8. The largest absolute Gasteiger partial charge is 0.350 e. The first kappa shape index (κ1) is 41.0. The van der Waals surface area contributed by atoms with Crippen molar-refractivity contribution in [2.45, 2.75) is 51.3 Å². The summed E-state index contributed by atoms with van der Waals surface area (Å²) in [5, 5.41) is 2.56. The molecular formula is C45H32FNO3. The van der Waals surface area contributed by atoms with Crippen LogP contribution in [0.3, 0.4) is 0 Å². The Morgan fingerprint density at radius 1 is 0.700 bits per heavy atom. The average molecular weight is 654 g/mol. The van der Waals surface area contributed by atoms with E-state index in [0.717, 1.165) is 0 Å². The zero-order valence-electron chi connectivity index (χ0n) is 27.9. The van der Waals surface area contributed by atoms with E-state index < -0.39 is 24.4 Å². The maximum absolute atomic E-state index is 14.8. The molecule has 2 unspecified atom stereocenters. The first-order chi connectivity index (χ1) is 24.5. The van der Waals surface area contributed by atoms with Crippen LogP contribution in [0.4, 0.5) is 4.39 Å². The fraction of sp³-hybridized carbons (Fsp3) is 0.267. The summed E-state index contributed by atoms with van der Waals surface area (Å²) in [6.07, 6.45) is 5.52. The minimum Gasteiger partial charge on any atom is -0.350 e. The maximum Gasteiger partial charge on any atom is 0.297 e. The Morgan fingerprint density at radius 2 is 1.12 bits per heavy atom. The van der Waals surface area contributed by atoms with E-state index in [2.05, 4.69) is 174 Å². The van der Waals surface area contributed by atoms with Crippen LogP contribution < -0.4 is 5.32 Å². The highest BCUT2D eigenvalue weighted by Crippen LogP contribution is 2.39. The zero-order chi connectivity index (χ0) is 36.7. The molecule has 0 radical (unpaired) electrons. The first-order valence-corrected chi connectivity index (χ1v) is 15.1. The van der Waals surface area contributed by atoms with Crippen molar-refractivity contribution in [2.75, 3.05) is 6.61 Å². The van der Waals surface area contributed by atoms with E-state index >= 15 is 0 Å². The lowest BCUT2D eigenvalue weighted by Gasteiger charge is -2.44. The van der Waals surface area contributed by atoms with E-state index in [1.54, 1.807) is 26.0 Å². The number of rotatable bonds is 11. The number of carbonyl (C=O) groups is 1. The molecule has 0 bridgehead atoms. The highest BCUT2D eigenvalue weighted by atomic mass is 19.1. The van der Waals surface area contributed by atoms with Gasteiger partial charge in [0.2, 0.25) is 0 Å². The van der Waals surface area contributed by atoms with Crippen molar-refractivity contribution < 1.29 is 18.7 Å². The molecule has 1 aliphatic heterocycles. The Morgan fingerprint density at radius 3 is 1.50 bits per heavy atom. The Bertz CT molecular complexity index is 2070. The van der Waals surface area contributed by atoms with Crippen LogP contribution in [0.2, 0.25) is 0 Å². The number of nitrogens with one attached hydrogen (secondary N) is 1. The van der Waals surface area contributed by atoms with Crippen LogP contribution in [0.5, 0.6) is 0 Å². The number of halogens is 1. The molecule has 1 saturated heterocycles. The van der Waals surface area contributed by atoms with Crippen LogP contribution in [0, 0.1) is 160 Å². The lowest BCUT2D eigenvalue weighted by Crippen LogP contribution is -2.50. The minimum absolute atomic E-state index is 0.0225. The van der Waals surface area contributed by atoms with Crippen molar-refractivity contribution in [1.29, 1.82) is 0 Å². The summed E-state index contributed by atoms with van der Waals surface area (Å²) >= 11 is 0. The fourth-order valence-electron chi connectivity index (χ4n) is 4.16. The Hall–Kier alpha value is -7.00. The number of hydrogen-bond acceptors (Lipinski definition) is 3. The number of alkyl halides is 1. The van der Waals surface area contributed by atoms with Gasteiger partial charge in [-0.25, -0.2) is 4.39 Å². The van der Waals surface area contributed by atoms with E-state index in [-0.39, 0.29) is 36.9 Å². The lowest BCUT2D eigenvalue weighted by atomic mass is 9.75. The van der Waals surface area contributed by atoms with Gasteiger partial charge < -0.3 is 14.8 Å². The molecule has 1 rings (SSSR count). The summed E-state index contributed by atoms with van der Waals surface area (Å²) in [4.78, 5) is 12.4. The first-order valence-electron chi connectivity index (χ1n) is 15.1. The van der Waals surface area contributed by atoms with Crippen LogP contribution in [0.15, 0.2) is 50.6 Å². The van der Waals surface area contributed by atoms with Crippen molar-refractivity contribution in [3.8, 4) is 142 Å². The van der Waals surface area contributed by atoms with Gasteiger partial charge in [-0.3, -0.25) is 4.79 Å². The summed E-state index contributed by atoms with van der Waals surface area (Å²) in [5.74, 6) is 58.6. The van der Waals surface area contributed by atoms with Crippen LogP contribution >= 0.6 is 0 Å². The third-order valence-electron chi connectivity index (χ3n) is 6.35. The van der Waals surface area contributed by atoms with Crippen molar-refractivity contribution in [3.05, 3.63) is 50.6 Å². The molecule has 1 heterocycles. The summed E-state index contributed by atoms with van der Waals surface area (Å²) in [5.41, 5.74) is 0. The van der Waals surface area contributed by atoms with Gasteiger partial charge in [0.15, 0.2) is 6.29 Å². The van der Waals surface area contributed by atoms with Crippen molar-refractivity contribution in [3.63, 3.8) is 0 Å². The van der Waals surface area contributed by atoms with Gasteiger partial charge in [0.1, 0.15) is 6.17 Å². The molecule has 0 aromatic heterocycles. The summed E-state index contributed by atoms with van der Waals surface area (Å²) in [7, 11) is 0. The van der Waals surface area contributed by atoms with Gasteiger partial charge in [-0.2, -0.15) is 0 Å². The van der Waals surface area contributed by atoms with Crippen molar-refractivity contribution in [2.24, 2.45) is 17.8 Å². The van der Waals surface area contributed by atoms with E-state index in [1.807, 2.05) is 12.2 Å². The van der Waals surface area contributed by atoms with Gasteiger partial charge >= 0.3 is 0 Å². The molecule has 1 N–H and O–H groups in total. The average Bonchev–Trinajstić information content (AvgIpc) is 3.12. The van der Waals surface area contributed by atoms with Crippen LogP contribution in [-0.4, -0.2) is 37.1 Å². The quantitative estimate of drug-likeness (QED) is 0.271. The molecule has 0 saturated carbocycles. The Labute approximate surface area is 297 Å². The van der Waals surface area contributed by atoms with E-state index in [4.69, 9.17) is 9.47 Å². The Kier molecular flexibility index (Phi) is 22.3. The molecule has 1 aliphatic rings. The molecule has 1 fully saturated rings. The molecule has 4 nitrogen and oxygen atoms in total. The third kappa shape index (κ3) is 17.1. The molecular weight excluding hydrogens is 621 g/mol. The second kappa shape index (κ2) is 27.1. The van der Waals surface area contributed by atoms with Gasteiger partial charge in [-0.1, -0.05) is 37.1 Å². The normalized spacial score (nSPS) is 17.9. The van der Waals surface area contributed by atoms with Crippen LogP contribution in [0.1, 0.15) is 26.7 Å². The highest BCUT2D eigenvalue weighted by Gasteiger charge is 2.42. The zero-order valence-corrected chi connectivity index (χ0v) is 27.9. The lowest BCUT2D eigenvalue weighted by molar-refractivity contribution is -0.236. The smallest absolute Gasteiger partial charge is 0.297 e. The number of carbonyl (C=O) groups excluding carboxylic acids is 1. The van der Waals surface area contributed by atoms with E-state index in [9.17, 15) is 9.18 Å². The van der Waals surface area contributed by atoms with Gasteiger partial charge in [-0.05, 0) is 120 Å². The number of hydrogen-bond donors (Lipinski definition) is 1. The molecule has 0 spiro atoms. The number of ether oxygens (including phenoxy) is 2. The van der Waals surface area contributed by atoms with Gasteiger partial charge in [-0.15, -0.1) is 26.3 Å².